The van der Waals surface area contributed by atoms with Crippen molar-refractivity contribution in [1.82, 2.24) is 0 Å². The van der Waals surface area contributed by atoms with Crippen LogP contribution in [0.3, 0.4) is 0 Å². The molecule has 0 amide bonds. The van der Waals surface area contributed by atoms with Crippen LogP contribution in [0, 0.1) is 6.07 Å². The zero-order valence-corrected chi connectivity index (χ0v) is 6.07. The summed E-state index contributed by atoms with van der Waals surface area (Å²) in [6, 6.07) is 8.36. The fourth-order valence-electron chi connectivity index (χ4n) is 1.02. The lowest BCUT2D eigenvalue weighted by molar-refractivity contribution is 0.479. The number of rotatable bonds is 0. The summed E-state index contributed by atoms with van der Waals surface area (Å²) in [4.78, 5) is 10.7. The lowest BCUT2D eigenvalue weighted by Gasteiger charge is -1.96. The number of hydrogen-bond donors (Lipinski definition) is 1. The van der Waals surface area contributed by atoms with E-state index in [-0.39, 0.29) is 5.75 Å². The quantitative estimate of drug-likeness (QED) is 0.592. The van der Waals surface area contributed by atoms with Crippen LogP contribution in [0.2, 0.25) is 0 Å². The van der Waals surface area contributed by atoms with Gasteiger partial charge in [-0.15, -0.1) is 0 Å². The Morgan fingerprint density at radius 1 is 1.33 bits per heavy atom. The van der Waals surface area contributed by atoms with Gasteiger partial charge in [-0.25, -0.2) is 4.79 Å². The van der Waals surface area contributed by atoms with Crippen LogP contribution >= 0.6 is 0 Å². The fraction of sp³-hybridized carbons (Fsp3) is 0. The number of hydrogen-bond acceptors (Lipinski definition) is 3. The zero-order chi connectivity index (χ0) is 8.55. The second-order valence-electron chi connectivity index (χ2n) is 2.37. The minimum absolute atomic E-state index is 0.0660. The van der Waals surface area contributed by atoms with Gasteiger partial charge in [0.15, 0.2) is 0 Å². The van der Waals surface area contributed by atoms with Crippen molar-refractivity contribution >= 4 is 11.0 Å². The molecular formula is C9H5O3. The van der Waals surface area contributed by atoms with E-state index in [1.54, 1.807) is 0 Å². The second-order valence-corrected chi connectivity index (χ2v) is 2.37. The maximum absolute atomic E-state index is 10.7. The molecule has 1 aromatic heterocycles. The molecule has 0 aliphatic carbocycles. The number of aromatic hydroxyl groups is 1. The molecule has 0 saturated carbocycles. The number of phenols is 1. The Kier molecular flexibility index (Phi) is 1.37. The summed E-state index contributed by atoms with van der Waals surface area (Å²) in [6.45, 7) is 0. The molecule has 0 aliphatic heterocycles. The number of fused-ring (bicyclic) bond motifs is 1. The van der Waals surface area contributed by atoms with Crippen molar-refractivity contribution in [2.45, 2.75) is 0 Å². The van der Waals surface area contributed by atoms with E-state index in [0.29, 0.717) is 11.0 Å². The van der Waals surface area contributed by atoms with Crippen LogP contribution in [0.15, 0.2) is 33.5 Å². The average Bonchev–Trinajstić information content (AvgIpc) is 2.04. The van der Waals surface area contributed by atoms with E-state index in [2.05, 4.69) is 6.07 Å². The van der Waals surface area contributed by atoms with Gasteiger partial charge in [0.1, 0.15) is 11.3 Å². The van der Waals surface area contributed by atoms with Crippen LogP contribution < -0.4 is 5.63 Å². The van der Waals surface area contributed by atoms with Gasteiger partial charge < -0.3 is 9.52 Å². The van der Waals surface area contributed by atoms with Gasteiger partial charge in [0, 0.05) is 6.07 Å². The Morgan fingerprint density at radius 2 is 2.17 bits per heavy atom. The molecule has 2 rings (SSSR count). The van der Waals surface area contributed by atoms with E-state index in [1.807, 2.05) is 0 Å². The summed E-state index contributed by atoms with van der Waals surface area (Å²) in [7, 11) is 0. The van der Waals surface area contributed by atoms with Crippen LogP contribution in [-0.4, -0.2) is 5.11 Å². The highest BCUT2D eigenvalue weighted by Gasteiger charge is 1.99. The Balaban J connectivity index is 2.96. The van der Waals surface area contributed by atoms with Crippen LogP contribution in [0.5, 0.6) is 5.75 Å². The highest BCUT2D eigenvalue weighted by atomic mass is 16.4. The van der Waals surface area contributed by atoms with Crippen molar-refractivity contribution in [1.29, 1.82) is 0 Å². The van der Waals surface area contributed by atoms with E-state index in [9.17, 15) is 9.90 Å². The third kappa shape index (κ3) is 0.955. The van der Waals surface area contributed by atoms with Gasteiger partial charge in [-0.05, 0) is 24.3 Å². The van der Waals surface area contributed by atoms with Crippen molar-refractivity contribution in [3.05, 3.63) is 40.8 Å². The Morgan fingerprint density at radius 3 is 3.00 bits per heavy atom. The molecule has 2 aromatic rings. The van der Waals surface area contributed by atoms with Crippen LogP contribution in [0.1, 0.15) is 0 Å². The summed E-state index contributed by atoms with van der Waals surface area (Å²) in [5.41, 5.74) is -0.0796. The van der Waals surface area contributed by atoms with Gasteiger partial charge in [0.2, 0.25) is 0 Å². The van der Waals surface area contributed by atoms with E-state index < -0.39 is 5.63 Å². The Hall–Kier alpha value is -1.77. The minimum Gasteiger partial charge on any atom is -0.507 e. The molecule has 3 nitrogen and oxygen atoms in total. The molecule has 0 spiro atoms. The lowest BCUT2D eigenvalue weighted by Crippen LogP contribution is -1.93. The number of benzene rings is 1. The average molecular weight is 161 g/mol. The predicted octanol–water partition coefficient (Wildman–Crippen LogP) is 1.30. The molecule has 1 aromatic carbocycles. The van der Waals surface area contributed by atoms with Crippen molar-refractivity contribution in [3.63, 3.8) is 0 Å². The van der Waals surface area contributed by atoms with E-state index in [1.165, 1.54) is 24.3 Å². The van der Waals surface area contributed by atoms with Crippen molar-refractivity contribution < 1.29 is 9.52 Å². The summed E-state index contributed by atoms with van der Waals surface area (Å²) < 4.78 is 4.80. The maximum atomic E-state index is 10.7. The standard InChI is InChI=1S/C9H5O3/c10-7-2-1-3-8-6(7)4-5-9(11)12-8/h2-5,10H. The fourth-order valence-corrected chi connectivity index (χ4v) is 1.02. The predicted molar refractivity (Wildman–Crippen MR) is 43.0 cm³/mol. The molecule has 0 fully saturated rings. The SMILES string of the molecule is O=c1ccc2c(O)c[c]cc2o1. The van der Waals surface area contributed by atoms with Crippen LogP contribution in [-0.2, 0) is 0 Å². The first kappa shape index (κ1) is 6.91. The first-order valence-electron chi connectivity index (χ1n) is 3.40. The molecule has 0 saturated heterocycles. The summed E-state index contributed by atoms with van der Waals surface area (Å²) in [5, 5.41) is 9.79. The minimum atomic E-state index is -0.429. The summed E-state index contributed by atoms with van der Waals surface area (Å²) in [5.74, 6) is 0.0660. The molecular weight excluding hydrogens is 156 g/mol. The molecule has 1 heterocycles. The first-order valence-corrected chi connectivity index (χ1v) is 3.40. The molecule has 1 N–H and O–H groups in total. The van der Waals surface area contributed by atoms with Crippen molar-refractivity contribution in [2.75, 3.05) is 0 Å². The summed E-state index contributed by atoms with van der Waals surface area (Å²) >= 11 is 0. The van der Waals surface area contributed by atoms with Gasteiger partial charge in [0.05, 0.1) is 5.39 Å². The van der Waals surface area contributed by atoms with E-state index in [0.717, 1.165) is 0 Å². The molecule has 1 radical (unpaired) electrons. The highest BCUT2D eigenvalue weighted by Crippen LogP contribution is 2.21. The Labute approximate surface area is 67.9 Å². The molecule has 0 bridgehead atoms. The van der Waals surface area contributed by atoms with Gasteiger partial charge in [-0.1, -0.05) is 0 Å². The molecule has 0 atom stereocenters. The highest BCUT2D eigenvalue weighted by molar-refractivity contribution is 5.82. The van der Waals surface area contributed by atoms with Crippen LogP contribution in [0.25, 0.3) is 11.0 Å². The molecule has 3 heteroatoms. The monoisotopic (exact) mass is 161 g/mol. The Bertz CT molecular complexity index is 470. The molecule has 0 unspecified atom stereocenters. The number of phenolic OH excluding ortho intramolecular Hbond substituents is 1. The van der Waals surface area contributed by atoms with Gasteiger partial charge in [-0.2, -0.15) is 0 Å². The zero-order valence-electron chi connectivity index (χ0n) is 6.07. The molecule has 12 heavy (non-hydrogen) atoms. The van der Waals surface area contributed by atoms with Gasteiger partial charge >= 0.3 is 5.63 Å². The second kappa shape index (κ2) is 2.37. The van der Waals surface area contributed by atoms with Crippen molar-refractivity contribution in [2.24, 2.45) is 0 Å². The third-order valence-electron chi connectivity index (χ3n) is 1.57. The van der Waals surface area contributed by atoms with Gasteiger partial charge in [-0.3, -0.25) is 0 Å². The van der Waals surface area contributed by atoms with E-state index >= 15 is 0 Å². The maximum Gasteiger partial charge on any atom is 0.336 e. The van der Waals surface area contributed by atoms with E-state index in [4.69, 9.17) is 4.42 Å². The largest absolute Gasteiger partial charge is 0.507 e. The van der Waals surface area contributed by atoms with Gasteiger partial charge in [0.25, 0.3) is 0 Å². The summed E-state index contributed by atoms with van der Waals surface area (Å²) in [6.07, 6.45) is 0. The lowest BCUT2D eigenvalue weighted by atomic mass is 10.2. The van der Waals surface area contributed by atoms with Crippen LogP contribution in [0.4, 0.5) is 0 Å². The molecule has 59 valence electrons. The third-order valence-corrected chi connectivity index (χ3v) is 1.57. The smallest absolute Gasteiger partial charge is 0.336 e. The normalized spacial score (nSPS) is 10.3. The first-order chi connectivity index (χ1) is 5.77. The topological polar surface area (TPSA) is 50.4 Å². The molecule has 0 aliphatic rings. The van der Waals surface area contributed by atoms with Crippen molar-refractivity contribution in [3.8, 4) is 5.75 Å².